The van der Waals surface area contributed by atoms with Gasteiger partial charge in [-0.3, -0.25) is 4.79 Å². The number of rotatable bonds is 7. The van der Waals surface area contributed by atoms with Crippen LogP contribution in [0.2, 0.25) is 0 Å². The van der Waals surface area contributed by atoms with Gasteiger partial charge >= 0.3 is 0 Å². The Bertz CT molecular complexity index is 512. The number of thioether (sulfide) groups is 1. The van der Waals surface area contributed by atoms with Crippen LogP contribution in [0.1, 0.15) is 12.0 Å². The van der Waals surface area contributed by atoms with Gasteiger partial charge in [0.1, 0.15) is 0 Å². The highest BCUT2D eigenvalue weighted by molar-refractivity contribution is 8.00. The van der Waals surface area contributed by atoms with Crippen molar-refractivity contribution in [3.63, 3.8) is 0 Å². The van der Waals surface area contributed by atoms with E-state index in [1.807, 2.05) is 31.2 Å². The van der Waals surface area contributed by atoms with E-state index in [1.54, 1.807) is 0 Å². The molecule has 0 radical (unpaired) electrons. The van der Waals surface area contributed by atoms with Crippen LogP contribution in [0.4, 0.5) is 0 Å². The van der Waals surface area contributed by atoms with E-state index in [2.05, 4.69) is 5.32 Å². The molecule has 0 unspecified atom stereocenters. The Morgan fingerprint density at radius 1 is 1.32 bits per heavy atom. The molecular formula is C12H18N2O3S2. The van der Waals surface area contributed by atoms with Crippen molar-refractivity contribution in [1.82, 2.24) is 5.32 Å². The molecule has 1 aromatic rings. The first-order chi connectivity index (χ1) is 8.87. The molecule has 5 nitrogen and oxygen atoms in total. The van der Waals surface area contributed by atoms with Gasteiger partial charge in [0.2, 0.25) is 15.9 Å². The van der Waals surface area contributed by atoms with Gasteiger partial charge in [-0.1, -0.05) is 17.7 Å². The van der Waals surface area contributed by atoms with Gasteiger partial charge in [0.05, 0.1) is 11.5 Å². The minimum Gasteiger partial charge on any atom is -0.355 e. The van der Waals surface area contributed by atoms with Crippen molar-refractivity contribution in [1.29, 1.82) is 0 Å². The number of nitrogens with two attached hydrogens (primary N) is 1. The van der Waals surface area contributed by atoms with Crippen molar-refractivity contribution in [2.24, 2.45) is 5.14 Å². The predicted octanol–water partition coefficient (Wildman–Crippen LogP) is 0.882. The number of nitrogens with one attached hydrogen (secondary N) is 1. The summed E-state index contributed by atoms with van der Waals surface area (Å²) in [6.45, 7) is 2.33. The smallest absolute Gasteiger partial charge is 0.230 e. The minimum absolute atomic E-state index is 0.111. The lowest BCUT2D eigenvalue weighted by molar-refractivity contribution is -0.118. The van der Waals surface area contributed by atoms with E-state index in [9.17, 15) is 13.2 Å². The summed E-state index contributed by atoms with van der Waals surface area (Å²) in [5, 5.41) is 7.51. The van der Waals surface area contributed by atoms with Gasteiger partial charge in [0.15, 0.2) is 0 Å². The zero-order valence-corrected chi connectivity index (χ0v) is 12.4. The molecule has 106 valence electrons. The van der Waals surface area contributed by atoms with E-state index in [0.29, 0.717) is 18.7 Å². The molecule has 0 saturated carbocycles. The molecule has 0 heterocycles. The van der Waals surface area contributed by atoms with E-state index >= 15 is 0 Å². The molecule has 1 rings (SSSR count). The molecule has 3 N–H and O–H groups in total. The molecule has 0 aliphatic carbocycles. The Kier molecular flexibility index (Phi) is 6.33. The third-order valence-electron chi connectivity index (χ3n) is 2.32. The lowest BCUT2D eigenvalue weighted by Crippen LogP contribution is -2.28. The number of hydrogen-bond acceptors (Lipinski definition) is 4. The van der Waals surface area contributed by atoms with Crippen LogP contribution in [0.15, 0.2) is 29.2 Å². The number of carbonyl (C=O) groups is 1. The Balaban J connectivity index is 2.19. The maximum absolute atomic E-state index is 11.5. The van der Waals surface area contributed by atoms with Crippen molar-refractivity contribution < 1.29 is 13.2 Å². The van der Waals surface area contributed by atoms with Crippen molar-refractivity contribution in [2.75, 3.05) is 18.1 Å². The third kappa shape index (κ3) is 7.86. The van der Waals surface area contributed by atoms with E-state index in [0.717, 1.165) is 4.90 Å². The SMILES string of the molecule is Cc1ccc(SCC(=O)NCCCS(N)(=O)=O)cc1. The average molecular weight is 302 g/mol. The van der Waals surface area contributed by atoms with Gasteiger partial charge in [-0.05, 0) is 25.5 Å². The summed E-state index contributed by atoms with van der Waals surface area (Å²) in [5.74, 6) is 0.0941. The number of hydrogen-bond donors (Lipinski definition) is 2. The second-order valence-corrected chi connectivity index (χ2v) is 6.95. The summed E-state index contributed by atoms with van der Waals surface area (Å²) < 4.78 is 21.4. The van der Waals surface area contributed by atoms with Crippen LogP contribution in [0.5, 0.6) is 0 Å². The molecule has 0 aliphatic rings. The minimum atomic E-state index is -3.44. The first-order valence-corrected chi connectivity index (χ1v) is 8.53. The maximum atomic E-state index is 11.5. The van der Waals surface area contributed by atoms with Crippen LogP contribution in [0, 0.1) is 6.92 Å². The summed E-state index contributed by atoms with van der Waals surface area (Å²) in [6, 6.07) is 7.92. The molecule has 19 heavy (non-hydrogen) atoms. The average Bonchev–Trinajstić information content (AvgIpc) is 2.33. The lowest BCUT2D eigenvalue weighted by atomic mass is 10.2. The molecule has 7 heteroatoms. The lowest BCUT2D eigenvalue weighted by Gasteiger charge is -2.05. The summed E-state index contributed by atoms with van der Waals surface area (Å²) in [4.78, 5) is 12.5. The maximum Gasteiger partial charge on any atom is 0.230 e. The van der Waals surface area contributed by atoms with Crippen LogP contribution in [-0.4, -0.2) is 32.4 Å². The van der Waals surface area contributed by atoms with Gasteiger partial charge in [-0.2, -0.15) is 0 Å². The van der Waals surface area contributed by atoms with Gasteiger partial charge in [-0.25, -0.2) is 13.6 Å². The van der Waals surface area contributed by atoms with Crippen molar-refractivity contribution in [2.45, 2.75) is 18.2 Å². The summed E-state index contributed by atoms with van der Waals surface area (Å²) in [6.07, 6.45) is 0.333. The summed E-state index contributed by atoms with van der Waals surface area (Å²) in [7, 11) is -3.44. The van der Waals surface area contributed by atoms with Crippen molar-refractivity contribution in [3.05, 3.63) is 29.8 Å². The van der Waals surface area contributed by atoms with E-state index in [1.165, 1.54) is 17.3 Å². The fourth-order valence-corrected chi connectivity index (χ4v) is 2.61. The summed E-state index contributed by atoms with van der Waals surface area (Å²) in [5.41, 5.74) is 1.18. The monoisotopic (exact) mass is 302 g/mol. The molecule has 1 amide bonds. The zero-order chi connectivity index (χ0) is 14.3. The quantitative estimate of drug-likeness (QED) is 0.578. The Labute approximate surface area is 118 Å². The van der Waals surface area contributed by atoms with Crippen LogP contribution < -0.4 is 10.5 Å². The molecule has 0 fully saturated rings. The zero-order valence-electron chi connectivity index (χ0n) is 10.8. The number of amides is 1. The van der Waals surface area contributed by atoms with Gasteiger partial charge in [-0.15, -0.1) is 11.8 Å². The standard InChI is InChI=1S/C12H18N2O3S2/c1-10-3-5-11(6-4-10)18-9-12(15)14-7-2-8-19(13,16)17/h3-6H,2,7-9H2,1H3,(H,14,15)(H2,13,16,17). The highest BCUT2D eigenvalue weighted by atomic mass is 32.2. The number of benzene rings is 1. The highest BCUT2D eigenvalue weighted by Crippen LogP contribution is 2.17. The first-order valence-electron chi connectivity index (χ1n) is 5.83. The largest absolute Gasteiger partial charge is 0.355 e. The van der Waals surface area contributed by atoms with Crippen LogP contribution in [-0.2, 0) is 14.8 Å². The molecular weight excluding hydrogens is 284 g/mol. The van der Waals surface area contributed by atoms with Crippen molar-refractivity contribution >= 4 is 27.7 Å². The normalized spacial score (nSPS) is 11.3. The highest BCUT2D eigenvalue weighted by Gasteiger charge is 2.05. The fourth-order valence-electron chi connectivity index (χ4n) is 1.34. The predicted molar refractivity (Wildman–Crippen MR) is 77.5 cm³/mol. The van der Waals surface area contributed by atoms with Crippen LogP contribution >= 0.6 is 11.8 Å². The molecule has 1 aromatic carbocycles. The molecule has 0 spiro atoms. The van der Waals surface area contributed by atoms with Crippen LogP contribution in [0.3, 0.4) is 0 Å². The Hall–Kier alpha value is -1.05. The second kappa shape index (κ2) is 7.52. The van der Waals surface area contributed by atoms with Crippen LogP contribution in [0.25, 0.3) is 0 Å². The van der Waals surface area contributed by atoms with E-state index in [-0.39, 0.29) is 11.7 Å². The molecule has 0 aromatic heterocycles. The number of carbonyl (C=O) groups excluding carboxylic acids is 1. The number of sulfonamides is 1. The fraction of sp³-hybridized carbons (Fsp3) is 0.417. The van der Waals surface area contributed by atoms with Gasteiger partial charge in [0, 0.05) is 11.4 Å². The number of aryl methyl sites for hydroxylation is 1. The Morgan fingerprint density at radius 3 is 2.53 bits per heavy atom. The molecule has 0 bridgehead atoms. The molecule has 0 atom stereocenters. The van der Waals surface area contributed by atoms with E-state index in [4.69, 9.17) is 5.14 Å². The topological polar surface area (TPSA) is 89.3 Å². The van der Waals surface area contributed by atoms with E-state index < -0.39 is 10.0 Å². The first kappa shape index (κ1) is 16.0. The molecule has 0 saturated heterocycles. The van der Waals surface area contributed by atoms with Gasteiger partial charge < -0.3 is 5.32 Å². The van der Waals surface area contributed by atoms with Gasteiger partial charge in [0.25, 0.3) is 0 Å². The number of primary sulfonamides is 1. The third-order valence-corrected chi connectivity index (χ3v) is 4.19. The molecule has 0 aliphatic heterocycles. The Morgan fingerprint density at radius 2 is 1.95 bits per heavy atom. The second-order valence-electron chi connectivity index (χ2n) is 4.17. The van der Waals surface area contributed by atoms with Crippen molar-refractivity contribution in [3.8, 4) is 0 Å². The summed E-state index contributed by atoms with van der Waals surface area (Å²) >= 11 is 1.45.